The van der Waals surface area contributed by atoms with E-state index in [1.54, 1.807) is 16.7 Å². The van der Waals surface area contributed by atoms with E-state index in [-0.39, 0.29) is 5.56 Å². The molecule has 0 unspecified atom stereocenters. The van der Waals surface area contributed by atoms with Crippen LogP contribution in [0.1, 0.15) is 16.8 Å². The van der Waals surface area contributed by atoms with Gasteiger partial charge in [0.1, 0.15) is 4.99 Å². The van der Waals surface area contributed by atoms with Crippen molar-refractivity contribution in [3.63, 3.8) is 0 Å². The molecule has 0 saturated carbocycles. The number of hydrogen-bond acceptors (Lipinski definition) is 2. The van der Waals surface area contributed by atoms with Crippen LogP contribution < -0.4 is 11.3 Å². The van der Waals surface area contributed by atoms with Gasteiger partial charge >= 0.3 is 0 Å². The van der Waals surface area contributed by atoms with Gasteiger partial charge in [-0.25, -0.2) is 0 Å². The highest BCUT2D eigenvalue weighted by atomic mass is 32.1. The zero-order chi connectivity index (χ0) is 13.1. The van der Waals surface area contributed by atoms with Gasteiger partial charge in [-0.1, -0.05) is 42.5 Å². The molecule has 0 bridgehead atoms. The van der Waals surface area contributed by atoms with E-state index in [0.717, 1.165) is 16.8 Å². The molecule has 1 aromatic carbocycles. The standard InChI is InChI=1S/C14H14N2OS/c1-10-3-2-4-13(17)16(10)9-11-5-7-12(8-6-11)14(15)18/h2-8H,9H2,1H3,(H2,15,18). The molecule has 0 spiro atoms. The van der Waals surface area contributed by atoms with Crippen LogP contribution in [-0.2, 0) is 6.54 Å². The Labute approximate surface area is 111 Å². The van der Waals surface area contributed by atoms with Crippen molar-refractivity contribution in [1.29, 1.82) is 0 Å². The lowest BCUT2D eigenvalue weighted by atomic mass is 10.1. The first-order chi connectivity index (χ1) is 8.58. The van der Waals surface area contributed by atoms with Crippen molar-refractivity contribution in [2.45, 2.75) is 13.5 Å². The number of benzene rings is 1. The molecule has 1 heterocycles. The molecule has 2 N–H and O–H groups in total. The minimum absolute atomic E-state index is 0.00780. The van der Waals surface area contributed by atoms with Crippen LogP contribution in [0.3, 0.4) is 0 Å². The monoisotopic (exact) mass is 258 g/mol. The molecule has 0 aliphatic rings. The van der Waals surface area contributed by atoms with Gasteiger partial charge in [-0.05, 0) is 18.6 Å². The van der Waals surface area contributed by atoms with Crippen molar-refractivity contribution in [3.05, 3.63) is 69.6 Å². The second-order valence-corrected chi connectivity index (χ2v) is 4.59. The van der Waals surface area contributed by atoms with E-state index in [1.165, 1.54) is 0 Å². The number of aromatic nitrogens is 1. The minimum Gasteiger partial charge on any atom is -0.389 e. The number of thiocarbonyl (C=S) groups is 1. The third-order valence-corrected chi connectivity index (χ3v) is 3.08. The molecule has 0 aliphatic carbocycles. The van der Waals surface area contributed by atoms with Gasteiger partial charge in [0.05, 0.1) is 6.54 Å². The van der Waals surface area contributed by atoms with Gasteiger partial charge in [0, 0.05) is 17.3 Å². The molecular weight excluding hydrogens is 244 g/mol. The average molecular weight is 258 g/mol. The van der Waals surface area contributed by atoms with Gasteiger partial charge in [0.2, 0.25) is 0 Å². The van der Waals surface area contributed by atoms with Crippen LogP contribution >= 0.6 is 12.2 Å². The fourth-order valence-corrected chi connectivity index (χ4v) is 1.92. The molecule has 0 atom stereocenters. The van der Waals surface area contributed by atoms with Gasteiger partial charge in [0.15, 0.2) is 0 Å². The first-order valence-corrected chi connectivity index (χ1v) is 6.04. The Bertz CT molecular complexity index is 629. The zero-order valence-corrected chi connectivity index (χ0v) is 10.9. The lowest BCUT2D eigenvalue weighted by Gasteiger charge is -2.09. The maximum absolute atomic E-state index is 11.7. The van der Waals surface area contributed by atoms with Crippen LogP contribution in [0.2, 0.25) is 0 Å². The second-order valence-electron chi connectivity index (χ2n) is 4.15. The van der Waals surface area contributed by atoms with Crippen molar-refractivity contribution in [2.75, 3.05) is 0 Å². The van der Waals surface area contributed by atoms with Crippen molar-refractivity contribution < 1.29 is 0 Å². The summed E-state index contributed by atoms with van der Waals surface area (Å²) in [5.74, 6) is 0. The number of hydrogen-bond donors (Lipinski definition) is 1. The Hall–Kier alpha value is -1.94. The van der Waals surface area contributed by atoms with E-state index < -0.39 is 0 Å². The van der Waals surface area contributed by atoms with Gasteiger partial charge in [-0.3, -0.25) is 4.79 Å². The molecule has 0 saturated heterocycles. The first-order valence-electron chi connectivity index (χ1n) is 5.63. The Kier molecular flexibility index (Phi) is 3.58. The van der Waals surface area contributed by atoms with E-state index in [9.17, 15) is 4.79 Å². The van der Waals surface area contributed by atoms with Crippen molar-refractivity contribution >= 4 is 17.2 Å². The zero-order valence-electron chi connectivity index (χ0n) is 10.1. The van der Waals surface area contributed by atoms with Gasteiger partial charge < -0.3 is 10.3 Å². The van der Waals surface area contributed by atoms with Crippen molar-refractivity contribution in [3.8, 4) is 0 Å². The summed E-state index contributed by atoms with van der Waals surface area (Å²) >= 11 is 4.90. The third-order valence-electron chi connectivity index (χ3n) is 2.85. The van der Waals surface area contributed by atoms with Crippen LogP contribution in [0.15, 0.2) is 47.3 Å². The molecule has 4 heteroatoms. The van der Waals surface area contributed by atoms with Crippen LogP contribution in [0.25, 0.3) is 0 Å². The number of pyridine rings is 1. The summed E-state index contributed by atoms with van der Waals surface area (Å²) in [6.45, 7) is 2.48. The molecule has 0 radical (unpaired) electrons. The fraction of sp³-hybridized carbons (Fsp3) is 0.143. The predicted octanol–water partition coefficient (Wildman–Crippen LogP) is 1.84. The Morgan fingerprint density at radius 3 is 2.44 bits per heavy atom. The van der Waals surface area contributed by atoms with E-state index in [4.69, 9.17) is 18.0 Å². The molecule has 0 aliphatic heterocycles. The smallest absolute Gasteiger partial charge is 0.251 e. The largest absolute Gasteiger partial charge is 0.389 e. The summed E-state index contributed by atoms with van der Waals surface area (Å²) in [6.07, 6.45) is 0. The van der Waals surface area contributed by atoms with Crippen molar-refractivity contribution in [1.82, 2.24) is 4.57 Å². The molecular formula is C14H14N2OS. The third kappa shape index (κ3) is 2.65. The van der Waals surface area contributed by atoms with Crippen LogP contribution in [0, 0.1) is 6.92 Å². The van der Waals surface area contributed by atoms with Gasteiger partial charge in [-0.2, -0.15) is 0 Å². The maximum atomic E-state index is 11.7. The number of rotatable bonds is 3. The van der Waals surface area contributed by atoms with Crippen LogP contribution in [0.4, 0.5) is 0 Å². The Morgan fingerprint density at radius 2 is 1.89 bits per heavy atom. The topological polar surface area (TPSA) is 48.0 Å². The quantitative estimate of drug-likeness (QED) is 0.855. The highest BCUT2D eigenvalue weighted by Crippen LogP contribution is 2.07. The van der Waals surface area contributed by atoms with Gasteiger partial charge in [0.25, 0.3) is 5.56 Å². The number of nitrogens with two attached hydrogens (primary N) is 1. The molecule has 3 nitrogen and oxygen atoms in total. The molecule has 0 amide bonds. The van der Waals surface area contributed by atoms with E-state index in [0.29, 0.717) is 11.5 Å². The molecule has 1 aromatic heterocycles. The minimum atomic E-state index is 0.00780. The molecule has 0 fully saturated rings. The SMILES string of the molecule is Cc1cccc(=O)n1Cc1ccc(C(N)=S)cc1. The van der Waals surface area contributed by atoms with E-state index >= 15 is 0 Å². The number of nitrogens with zero attached hydrogens (tertiary/aromatic N) is 1. The Balaban J connectivity index is 2.29. The molecule has 92 valence electrons. The highest BCUT2D eigenvalue weighted by Gasteiger charge is 2.01. The lowest BCUT2D eigenvalue weighted by Crippen LogP contribution is -2.21. The lowest BCUT2D eigenvalue weighted by molar-refractivity contribution is 0.730. The molecule has 2 rings (SSSR count). The summed E-state index contributed by atoms with van der Waals surface area (Å²) in [5.41, 5.74) is 8.38. The highest BCUT2D eigenvalue weighted by molar-refractivity contribution is 7.80. The fourth-order valence-electron chi connectivity index (χ4n) is 1.78. The summed E-state index contributed by atoms with van der Waals surface area (Å²) in [7, 11) is 0. The summed E-state index contributed by atoms with van der Waals surface area (Å²) in [5, 5.41) is 0. The normalized spacial score (nSPS) is 10.3. The summed E-state index contributed by atoms with van der Waals surface area (Å²) in [6, 6.07) is 12.9. The van der Waals surface area contributed by atoms with E-state index in [2.05, 4.69) is 0 Å². The van der Waals surface area contributed by atoms with Gasteiger partial charge in [-0.15, -0.1) is 0 Å². The summed E-state index contributed by atoms with van der Waals surface area (Å²) in [4.78, 5) is 12.1. The first kappa shape index (κ1) is 12.5. The average Bonchev–Trinajstić information content (AvgIpc) is 2.34. The summed E-state index contributed by atoms with van der Waals surface area (Å²) < 4.78 is 1.73. The predicted molar refractivity (Wildman–Crippen MR) is 76.9 cm³/mol. The maximum Gasteiger partial charge on any atom is 0.251 e. The molecule has 18 heavy (non-hydrogen) atoms. The van der Waals surface area contributed by atoms with E-state index in [1.807, 2.05) is 37.3 Å². The second kappa shape index (κ2) is 5.14. The van der Waals surface area contributed by atoms with Crippen LogP contribution in [-0.4, -0.2) is 9.56 Å². The Morgan fingerprint density at radius 1 is 1.22 bits per heavy atom. The number of aryl methyl sites for hydroxylation is 1. The van der Waals surface area contributed by atoms with Crippen LogP contribution in [0.5, 0.6) is 0 Å². The molecule has 2 aromatic rings. The van der Waals surface area contributed by atoms with Crippen molar-refractivity contribution in [2.24, 2.45) is 5.73 Å².